The number of nitrogens with one attached hydrogen (secondary N) is 2. The van der Waals surface area contributed by atoms with E-state index >= 15 is 0 Å². The zero-order chi connectivity index (χ0) is 19.1. The Bertz CT molecular complexity index is 865. The highest BCUT2D eigenvalue weighted by atomic mass is 19.4. The van der Waals surface area contributed by atoms with E-state index in [0.717, 1.165) is 5.69 Å². The van der Waals surface area contributed by atoms with E-state index in [1.165, 1.54) is 24.3 Å². The smallest absolute Gasteiger partial charge is 0.335 e. The molecule has 2 amide bonds. The fourth-order valence-corrected chi connectivity index (χ4v) is 2.67. The van der Waals surface area contributed by atoms with E-state index in [1.54, 1.807) is 29.4 Å². The van der Waals surface area contributed by atoms with Crippen molar-refractivity contribution in [2.24, 2.45) is 0 Å². The van der Waals surface area contributed by atoms with E-state index in [-0.39, 0.29) is 11.6 Å². The lowest BCUT2D eigenvalue weighted by Crippen LogP contribution is -2.45. The number of fused-ring (bicyclic) bond motifs is 1. The van der Waals surface area contributed by atoms with Gasteiger partial charge < -0.3 is 15.5 Å². The van der Waals surface area contributed by atoms with Crippen LogP contribution in [-0.2, 0) is 4.79 Å². The minimum Gasteiger partial charge on any atom is -0.335 e. The molecule has 2 heterocycles. The predicted octanol–water partition coefficient (Wildman–Crippen LogP) is 2.77. The molecule has 0 bridgehead atoms. The molecule has 0 saturated heterocycles. The number of nitrogens with zero attached hydrogens (tertiary/aromatic N) is 2. The second-order valence-electron chi connectivity index (χ2n) is 5.88. The van der Waals surface area contributed by atoms with Crippen LogP contribution in [0.3, 0.4) is 0 Å². The molecule has 0 fully saturated rings. The van der Waals surface area contributed by atoms with Gasteiger partial charge in [-0.3, -0.25) is 9.59 Å². The van der Waals surface area contributed by atoms with Crippen LogP contribution in [0, 0.1) is 6.92 Å². The highest BCUT2D eigenvalue weighted by Crippen LogP contribution is 2.31. The van der Waals surface area contributed by atoms with Gasteiger partial charge in [0.15, 0.2) is 0 Å². The zero-order valence-corrected chi connectivity index (χ0v) is 13.9. The van der Waals surface area contributed by atoms with Crippen molar-refractivity contribution in [1.82, 2.24) is 10.3 Å². The quantitative estimate of drug-likeness (QED) is 0.859. The summed E-state index contributed by atoms with van der Waals surface area (Å²) in [5.41, 5.74) is 1.85. The molecule has 0 saturated carbocycles. The Labute approximate surface area is 147 Å². The van der Waals surface area contributed by atoms with Gasteiger partial charge in [0.1, 0.15) is 12.0 Å². The lowest BCUT2D eigenvalue weighted by atomic mass is 10.1. The SMILES string of the molecule is Cc1ccc2c(n1)N(C)[C@H](c1ccc(NC(=O)C(F)(F)F)cc1)NC2=O. The molecular formula is C17H15F3N4O2. The number of aromatic nitrogens is 1. The third-order valence-corrected chi connectivity index (χ3v) is 3.99. The van der Waals surface area contributed by atoms with E-state index in [1.807, 2.05) is 6.92 Å². The maximum Gasteiger partial charge on any atom is 0.471 e. The van der Waals surface area contributed by atoms with Crippen LogP contribution in [0.1, 0.15) is 27.8 Å². The normalized spacial score (nSPS) is 16.7. The number of rotatable bonds is 2. The summed E-state index contributed by atoms with van der Waals surface area (Å²) in [6, 6.07) is 9.19. The number of hydrogen-bond acceptors (Lipinski definition) is 4. The second kappa shape index (κ2) is 6.32. The maximum absolute atomic E-state index is 12.3. The summed E-state index contributed by atoms with van der Waals surface area (Å²) in [4.78, 5) is 29.4. The van der Waals surface area contributed by atoms with Gasteiger partial charge in [-0.25, -0.2) is 4.98 Å². The molecule has 26 heavy (non-hydrogen) atoms. The van der Waals surface area contributed by atoms with Gasteiger partial charge in [0.2, 0.25) is 0 Å². The number of alkyl halides is 3. The molecule has 0 radical (unpaired) electrons. The van der Waals surface area contributed by atoms with Gasteiger partial charge in [-0.05, 0) is 36.8 Å². The number of pyridine rings is 1. The average Bonchev–Trinajstić information content (AvgIpc) is 2.58. The van der Waals surface area contributed by atoms with Gasteiger partial charge in [0.25, 0.3) is 5.91 Å². The highest BCUT2D eigenvalue weighted by Gasteiger charge is 2.38. The van der Waals surface area contributed by atoms with Crippen LogP contribution in [0.5, 0.6) is 0 Å². The van der Waals surface area contributed by atoms with Gasteiger partial charge in [0.05, 0.1) is 5.56 Å². The Balaban J connectivity index is 1.84. The number of benzene rings is 1. The van der Waals surface area contributed by atoms with Gasteiger partial charge >= 0.3 is 12.1 Å². The number of hydrogen-bond donors (Lipinski definition) is 2. The fraction of sp³-hybridized carbons (Fsp3) is 0.235. The fourth-order valence-electron chi connectivity index (χ4n) is 2.67. The van der Waals surface area contributed by atoms with Crippen LogP contribution in [-0.4, -0.2) is 30.0 Å². The first-order valence-corrected chi connectivity index (χ1v) is 7.66. The van der Waals surface area contributed by atoms with Crippen molar-refractivity contribution in [3.8, 4) is 0 Å². The summed E-state index contributed by atoms with van der Waals surface area (Å²) in [6.07, 6.45) is -5.49. The van der Waals surface area contributed by atoms with E-state index in [4.69, 9.17) is 0 Å². The van der Waals surface area contributed by atoms with E-state index < -0.39 is 18.2 Å². The van der Waals surface area contributed by atoms with E-state index in [2.05, 4.69) is 10.3 Å². The third kappa shape index (κ3) is 3.32. The first-order chi connectivity index (χ1) is 12.2. The number of anilines is 2. The summed E-state index contributed by atoms with van der Waals surface area (Å²) in [5, 5.41) is 4.60. The van der Waals surface area contributed by atoms with Gasteiger partial charge in [-0.15, -0.1) is 0 Å². The van der Waals surface area contributed by atoms with Crippen molar-refractivity contribution in [3.63, 3.8) is 0 Å². The Morgan fingerprint density at radius 2 is 1.85 bits per heavy atom. The Morgan fingerprint density at radius 1 is 1.19 bits per heavy atom. The van der Waals surface area contributed by atoms with Crippen molar-refractivity contribution in [3.05, 3.63) is 53.2 Å². The van der Waals surface area contributed by atoms with Crippen molar-refractivity contribution >= 4 is 23.3 Å². The Hall–Kier alpha value is -3.10. The second-order valence-corrected chi connectivity index (χ2v) is 5.88. The van der Waals surface area contributed by atoms with Crippen LogP contribution >= 0.6 is 0 Å². The standard InChI is InChI=1S/C17H15F3N4O2/c1-9-3-8-12-14(21-9)24(2)13(23-15(12)25)10-4-6-11(7-5-10)22-16(26)17(18,19)20/h3-8,13H,1-2H3,(H,22,26)(H,23,25)/t13-/m1/s1. The predicted molar refractivity (Wildman–Crippen MR) is 88.7 cm³/mol. The summed E-state index contributed by atoms with van der Waals surface area (Å²) >= 11 is 0. The largest absolute Gasteiger partial charge is 0.471 e. The molecule has 2 aromatic rings. The van der Waals surface area contributed by atoms with Crippen molar-refractivity contribution in [2.45, 2.75) is 19.3 Å². The summed E-state index contributed by atoms with van der Waals surface area (Å²) < 4.78 is 36.9. The zero-order valence-electron chi connectivity index (χ0n) is 13.9. The molecule has 0 unspecified atom stereocenters. The molecule has 9 heteroatoms. The molecule has 1 aliphatic rings. The Morgan fingerprint density at radius 3 is 2.46 bits per heavy atom. The molecule has 1 aromatic heterocycles. The minimum atomic E-state index is -4.95. The number of halogens is 3. The average molecular weight is 364 g/mol. The topological polar surface area (TPSA) is 74.3 Å². The van der Waals surface area contributed by atoms with Gasteiger partial charge in [-0.2, -0.15) is 13.2 Å². The van der Waals surface area contributed by atoms with Crippen LogP contribution in [0.25, 0.3) is 0 Å². The summed E-state index contributed by atoms with van der Waals surface area (Å²) in [7, 11) is 1.76. The molecule has 1 aliphatic heterocycles. The van der Waals surface area contributed by atoms with Crippen LogP contribution in [0.2, 0.25) is 0 Å². The van der Waals surface area contributed by atoms with Crippen LogP contribution < -0.4 is 15.5 Å². The molecular weight excluding hydrogens is 349 g/mol. The van der Waals surface area contributed by atoms with Crippen LogP contribution in [0.15, 0.2) is 36.4 Å². The van der Waals surface area contributed by atoms with Gasteiger partial charge in [0, 0.05) is 18.4 Å². The number of aryl methyl sites for hydroxylation is 1. The molecule has 1 atom stereocenters. The lowest BCUT2D eigenvalue weighted by Gasteiger charge is -2.35. The monoisotopic (exact) mass is 364 g/mol. The lowest BCUT2D eigenvalue weighted by molar-refractivity contribution is -0.167. The highest BCUT2D eigenvalue weighted by molar-refractivity contribution is 6.01. The molecule has 0 spiro atoms. The summed E-state index contributed by atoms with van der Waals surface area (Å²) in [5.74, 6) is -1.81. The molecule has 1 aromatic carbocycles. The van der Waals surface area contributed by atoms with E-state index in [0.29, 0.717) is 16.9 Å². The van der Waals surface area contributed by atoms with Crippen molar-refractivity contribution in [2.75, 3.05) is 17.3 Å². The van der Waals surface area contributed by atoms with Crippen molar-refractivity contribution < 1.29 is 22.8 Å². The molecule has 0 aliphatic carbocycles. The number of carbonyl (C=O) groups excluding carboxylic acids is 2. The first-order valence-electron chi connectivity index (χ1n) is 7.66. The van der Waals surface area contributed by atoms with E-state index in [9.17, 15) is 22.8 Å². The van der Waals surface area contributed by atoms with Crippen molar-refractivity contribution in [1.29, 1.82) is 0 Å². The number of carbonyl (C=O) groups is 2. The molecule has 2 N–H and O–H groups in total. The molecule has 3 rings (SSSR count). The summed E-state index contributed by atoms with van der Waals surface area (Å²) in [6.45, 7) is 1.81. The molecule has 136 valence electrons. The van der Waals surface area contributed by atoms with Crippen LogP contribution in [0.4, 0.5) is 24.7 Å². The maximum atomic E-state index is 12.3. The number of amides is 2. The van der Waals surface area contributed by atoms with Gasteiger partial charge in [-0.1, -0.05) is 12.1 Å². The first kappa shape index (κ1) is 17.7. The molecule has 6 nitrogen and oxygen atoms in total. The Kier molecular flexibility index (Phi) is 4.31. The minimum absolute atomic E-state index is 0.00948. The third-order valence-electron chi connectivity index (χ3n) is 3.99.